The normalized spacial score (nSPS) is 16.4. The molecule has 0 aromatic carbocycles. The third kappa shape index (κ3) is 3.76. The smallest absolute Gasteiger partial charge is 0.285 e. The molecule has 2 heterocycles. The van der Waals surface area contributed by atoms with E-state index in [0.29, 0.717) is 18.2 Å². The Morgan fingerprint density at radius 3 is 2.90 bits per heavy atom. The van der Waals surface area contributed by atoms with Crippen molar-refractivity contribution in [2.24, 2.45) is 5.10 Å². The molecule has 9 heteroatoms. The van der Waals surface area contributed by atoms with E-state index in [1.807, 2.05) is 0 Å². The summed E-state index contributed by atoms with van der Waals surface area (Å²) in [6.45, 7) is 2.04. The Kier molecular flexibility index (Phi) is 4.49. The maximum atomic E-state index is 11.5. The second-order valence-corrected chi connectivity index (χ2v) is 4.67. The summed E-state index contributed by atoms with van der Waals surface area (Å²) >= 11 is 5.71. The fourth-order valence-electron chi connectivity index (χ4n) is 1.87. The van der Waals surface area contributed by atoms with E-state index in [0.717, 1.165) is 10.5 Å². The number of pyridine rings is 1. The summed E-state index contributed by atoms with van der Waals surface area (Å²) in [5.41, 5.74) is 0.800. The topological polar surface area (TPSA) is 91.9 Å². The monoisotopic (exact) mass is 309 g/mol. The van der Waals surface area contributed by atoms with Gasteiger partial charge in [0.15, 0.2) is 5.03 Å². The quantitative estimate of drug-likeness (QED) is 0.479. The van der Waals surface area contributed by atoms with Gasteiger partial charge in [0.2, 0.25) is 5.91 Å². The van der Waals surface area contributed by atoms with Crippen LogP contribution in [-0.2, 0) is 11.3 Å². The lowest BCUT2D eigenvalue weighted by Crippen LogP contribution is -2.46. The van der Waals surface area contributed by atoms with Gasteiger partial charge >= 0.3 is 0 Å². The van der Waals surface area contributed by atoms with Crippen LogP contribution >= 0.6 is 11.6 Å². The Morgan fingerprint density at radius 1 is 1.57 bits per heavy atom. The molecule has 21 heavy (non-hydrogen) atoms. The second-order valence-electron chi connectivity index (χ2n) is 4.28. The standard InChI is InChI=1S/C12H12ClN5O3/c1-9(19)17-6-2-5-16(12(17)15-18(20)21)8-10-3-4-11(13)14-7-10/h2-4,6-7H,5,8H2,1H3. The zero-order valence-corrected chi connectivity index (χ0v) is 11.9. The van der Waals surface area contributed by atoms with Gasteiger partial charge in [-0.15, -0.1) is 0 Å². The Morgan fingerprint density at radius 2 is 2.33 bits per heavy atom. The Hall–Kier alpha value is -2.48. The number of hydrogen-bond acceptors (Lipinski definition) is 4. The maximum absolute atomic E-state index is 11.5. The molecule has 0 atom stereocenters. The molecule has 1 aliphatic heterocycles. The van der Waals surface area contributed by atoms with Crippen molar-refractivity contribution in [3.63, 3.8) is 0 Å². The number of hydrazone groups is 1. The van der Waals surface area contributed by atoms with Crippen molar-refractivity contribution >= 4 is 23.5 Å². The number of aromatic nitrogens is 1. The van der Waals surface area contributed by atoms with Gasteiger partial charge in [0.05, 0.1) is 0 Å². The lowest BCUT2D eigenvalue weighted by Gasteiger charge is -2.31. The van der Waals surface area contributed by atoms with Crippen molar-refractivity contribution in [3.8, 4) is 0 Å². The summed E-state index contributed by atoms with van der Waals surface area (Å²) < 4.78 is 0. The minimum absolute atomic E-state index is 0.0232. The van der Waals surface area contributed by atoms with Gasteiger partial charge in [0.1, 0.15) is 10.3 Å². The van der Waals surface area contributed by atoms with Crippen molar-refractivity contribution in [3.05, 3.63) is 51.4 Å². The lowest BCUT2D eigenvalue weighted by atomic mass is 10.2. The fraction of sp³-hybridized carbons (Fsp3) is 0.250. The van der Waals surface area contributed by atoms with E-state index in [2.05, 4.69) is 10.1 Å². The first-order chi connectivity index (χ1) is 9.97. The van der Waals surface area contributed by atoms with Crippen LogP contribution in [0.4, 0.5) is 0 Å². The summed E-state index contributed by atoms with van der Waals surface area (Å²) in [7, 11) is 0. The average molecular weight is 310 g/mol. The Balaban J connectivity index is 2.28. The van der Waals surface area contributed by atoms with Crippen LogP contribution in [0.25, 0.3) is 0 Å². The molecule has 0 aliphatic carbocycles. The molecular weight excluding hydrogens is 298 g/mol. The van der Waals surface area contributed by atoms with E-state index in [-0.39, 0.29) is 11.9 Å². The van der Waals surface area contributed by atoms with Crippen molar-refractivity contribution < 1.29 is 9.83 Å². The van der Waals surface area contributed by atoms with E-state index in [1.165, 1.54) is 13.1 Å². The first-order valence-corrected chi connectivity index (χ1v) is 6.40. The summed E-state index contributed by atoms with van der Waals surface area (Å²) in [6.07, 6.45) is 4.77. The van der Waals surface area contributed by atoms with Crippen molar-refractivity contribution in [1.29, 1.82) is 0 Å². The van der Waals surface area contributed by atoms with Crippen LogP contribution in [0.2, 0.25) is 5.15 Å². The molecule has 0 radical (unpaired) electrons. The zero-order chi connectivity index (χ0) is 15.4. The molecule has 0 N–H and O–H groups in total. The molecule has 0 saturated heterocycles. The largest absolute Gasteiger partial charge is 0.329 e. The molecular formula is C12H12ClN5O3. The van der Waals surface area contributed by atoms with Gasteiger partial charge in [-0.05, 0) is 17.7 Å². The minimum Gasteiger partial charge on any atom is -0.329 e. The van der Waals surface area contributed by atoms with Gasteiger partial charge < -0.3 is 4.90 Å². The molecule has 0 unspecified atom stereocenters. The molecule has 1 aromatic heterocycles. The van der Waals surface area contributed by atoms with Gasteiger partial charge in [-0.2, -0.15) is 0 Å². The third-order valence-corrected chi connectivity index (χ3v) is 2.97. The summed E-state index contributed by atoms with van der Waals surface area (Å²) in [5.74, 6) is -0.379. The minimum atomic E-state index is -0.822. The molecule has 0 bridgehead atoms. The van der Waals surface area contributed by atoms with Crippen molar-refractivity contribution in [2.75, 3.05) is 6.54 Å². The SMILES string of the molecule is CC(=O)N1C=CCN(Cc2ccc(Cl)nc2)C1=N[N+](=O)[O-]. The van der Waals surface area contributed by atoms with Gasteiger partial charge in [-0.1, -0.05) is 17.7 Å². The predicted molar refractivity (Wildman–Crippen MR) is 75.7 cm³/mol. The molecule has 0 spiro atoms. The van der Waals surface area contributed by atoms with Crippen LogP contribution < -0.4 is 0 Å². The zero-order valence-electron chi connectivity index (χ0n) is 11.1. The maximum Gasteiger partial charge on any atom is 0.285 e. The number of nitrogens with zero attached hydrogens (tertiary/aromatic N) is 5. The highest BCUT2D eigenvalue weighted by Gasteiger charge is 2.26. The summed E-state index contributed by atoms with van der Waals surface area (Å²) in [4.78, 5) is 28.9. The predicted octanol–water partition coefficient (Wildman–Crippen LogP) is 1.46. The van der Waals surface area contributed by atoms with Crippen LogP contribution in [0.1, 0.15) is 12.5 Å². The number of guanidine groups is 1. The summed E-state index contributed by atoms with van der Waals surface area (Å²) in [5, 5.41) is 13.5. The Labute approximate surface area is 125 Å². The van der Waals surface area contributed by atoms with Crippen LogP contribution in [0, 0.1) is 10.1 Å². The van der Waals surface area contributed by atoms with Crippen LogP contribution in [0.15, 0.2) is 35.7 Å². The highest BCUT2D eigenvalue weighted by molar-refractivity contribution is 6.29. The molecule has 8 nitrogen and oxygen atoms in total. The van der Waals surface area contributed by atoms with E-state index in [1.54, 1.807) is 29.3 Å². The number of hydrogen-bond donors (Lipinski definition) is 0. The van der Waals surface area contributed by atoms with Gasteiger partial charge in [-0.25, -0.2) is 15.1 Å². The van der Waals surface area contributed by atoms with Gasteiger partial charge in [0.25, 0.3) is 5.96 Å². The molecule has 1 amide bonds. The van der Waals surface area contributed by atoms with Gasteiger partial charge in [-0.3, -0.25) is 9.69 Å². The van der Waals surface area contributed by atoms with Crippen molar-refractivity contribution in [2.45, 2.75) is 13.5 Å². The number of carbonyl (C=O) groups is 1. The van der Waals surface area contributed by atoms with E-state index < -0.39 is 5.03 Å². The summed E-state index contributed by atoms with van der Waals surface area (Å²) in [6, 6.07) is 3.39. The Bertz CT molecular complexity index is 614. The van der Waals surface area contributed by atoms with Gasteiger partial charge in [0, 0.05) is 32.4 Å². The van der Waals surface area contributed by atoms with Crippen molar-refractivity contribution in [1.82, 2.24) is 14.8 Å². The number of rotatable bonds is 3. The average Bonchev–Trinajstić information content (AvgIpc) is 2.42. The number of halogens is 1. The highest BCUT2D eigenvalue weighted by Crippen LogP contribution is 2.14. The second kappa shape index (κ2) is 6.31. The number of amides is 1. The van der Waals surface area contributed by atoms with E-state index >= 15 is 0 Å². The molecule has 0 fully saturated rings. The molecule has 2 rings (SSSR count). The number of nitro groups is 1. The lowest BCUT2D eigenvalue weighted by molar-refractivity contribution is -0.486. The number of carbonyl (C=O) groups excluding carboxylic acids is 1. The fourth-order valence-corrected chi connectivity index (χ4v) is 1.98. The third-order valence-electron chi connectivity index (χ3n) is 2.75. The first kappa shape index (κ1) is 14.9. The highest BCUT2D eigenvalue weighted by atomic mass is 35.5. The van der Waals surface area contributed by atoms with Crippen LogP contribution in [0.3, 0.4) is 0 Å². The van der Waals surface area contributed by atoms with E-state index in [4.69, 9.17) is 11.6 Å². The molecule has 0 saturated carbocycles. The van der Waals surface area contributed by atoms with Crippen LogP contribution in [0.5, 0.6) is 0 Å². The molecule has 110 valence electrons. The first-order valence-electron chi connectivity index (χ1n) is 6.02. The molecule has 1 aromatic rings. The van der Waals surface area contributed by atoms with Crippen LogP contribution in [-0.4, -0.2) is 38.2 Å². The molecule has 1 aliphatic rings. The van der Waals surface area contributed by atoms with E-state index in [9.17, 15) is 14.9 Å².